The molecular formula is C15H24N2O3S. The average Bonchev–Trinajstić information content (AvgIpc) is 2.38. The van der Waals surface area contributed by atoms with Crippen LogP contribution in [0.5, 0.6) is 0 Å². The second-order valence-electron chi connectivity index (χ2n) is 5.42. The van der Waals surface area contributed by atoms with Crippen molar-refractivity contribution in [3.63, 3.8) is 0 Å². The van der Waals surface area contributed by atoms with Crippen LogP contribution >= 0.6 is 0 Å². The molecular weight excluding hydrogens is 288 g/mol. The van der Waals surface area contributed by atoms with Gasteiger partial charge in [0.1, 0.15) is 0 Å². The van der Waals surface area contributed by atoms with Gasteiger partial charge in [-0.25, -0.2) is 13.1 Å². The third kappa shape index (κ3) is 5.13. The maximum atomic E-state index is 12.2. The lowest BCUT2D eigenvalue weighted by Crippen LogP contribution is -2.27. The molecule has 0 saturated heterocycles. The van der Waals surface area contributed by atoms with Gasteiger partial charge in [0.25, 0.3) is 5.91 Å². The molecule has 0 aliphatic rings. The number of rotatable bonds is 7. The fraction of sp³-hybridized carbons (Fsp3) is 0.533. The van der Waals surface area contributed by atoms with Gasteiger partial charge in [0.05, 0.1) is 4.90 Å². The molecule has 0 aromatic heterocycles. The number of amides is 1. The molecule has 1 aromatic rings. The molecule has 0 radical (unpaired) electrons. The van der Waals surface area contributed by atoms with Crippen LogP contribution in [0.4, 0.5) is 0 Å². The minimum Gasteiger partial charge on any atom is -0.352 e. The largest absolute Gasteiger partial charge is 0.352 e. The molecule has 1 rings (SSSR count). The van der Waals surface area contributed by atoms with Crippen molar-refractivity contribution in [3.8, 4) is 0 Å². The maximum Gasteiger partial charge on any atom is 0.251 e. The number of hydrogen-bond acceptors (Lipinski definition) is 3. The van der Waals surface area contributed by atoms with E-state index in [1.165, 1.54) is 12.1 Å². The summed E-state index contributed by atoms with van der Waals surface area (Å²) in [7, 11) is -3.57. The molecule has 1 aromatic carbocycles. The van der Waals surface area contributed by atoms with E-state index in [2.05, 4.69) is 10.0 Å². The number of carbonyl (C=O) groups excluding carboxylic acids is 1. The van der Waals surface area contributed by atoms with Crippen LogP contribution in [-0.4, -0.2) is 27.4 Å². The monoisotopic (exact) mass is 312 g/mol. The summed E-state index contributed by atoms with van der Waals surface area (Å²) < 4.78 is 27.0. The van der Waals surface area contributed by atoms with Crippen LogP contribution in [0.25, 0.3) is 0 Å². The number of hydrogen-bond donors (Lipinski definition) is 2. The molecule has 118 valence electrons. The Bertz CT molecular complexity index is 595. The lowest BCUT2D eigenvalue weighted by Gasteiger charge is -2.11. The molecule has 0 unspecified atom stereocenters. The van der Waals surface area contributed by atoms with Crippen LogP contribution in [0.1, 0.15) is 43.1 Å². The number of carbonyl (C=O) groups is 1. The maximum absolute atomic E-state index is 12.2. The van der Waals surface area contributed by atoms with Crippen molar-refractivity contribution in [3.05, 3.63) is 29.3 Å². The fourth-order valence-electron chi connectivity index (χ4n) is 1.83. The van der Waals surface area contributed by atoms with Crippen LogP contribution in [0, 0.1) is 12.8 Å². The summed E-state index contributed by atoms with van der Waals surface area (Å²) in [6.45, 7) is 8.57. The van der Waals surface area contributed by atoms with Crippen molar-refractivity contribution in [1.82, 2.24) is 10.0 Å². The minimum absolute atomic E-state index is 0.123. The second-order valence-corrected chi connectivity index (χ2v) is 7.18. The lowest BCUT2D eigenvalue weighted by molar-refractivity contribution is 0.0955. The topological polar surface area (TPSA) is 75.3 Å². The summed E-state index contributed by atoms with van der Waals surface area (Å²) in [6, 6.07) is 4.61. The molecule has 0 heterocycles. The Labute approximate surface area is 127 Å². The van der Waals surface area contributed by atoms with Crippen LogP contribution in [0.2, 0.25) is 0 Å². The number of sulfonamides is 1. The predicted molar refractivity (Wildman–Crippen MR) is 83.8 cm³/mol. The molecule has 5 nitrogen and oxygen atoms in total. The SMILES string of the molecule is CCNC(=O)c1cc(S(=O)(=O)NCCC(C)C)ccc1C. The molecule has 0 saturated carbocycles. The van der Waals surface area contributed by atoms with E-state index in [9.17, 15) is 13.2 Å². The Kier molecular flexibility index (Phi) is 6.36. The Hall–Kier alpha value is -1.40. The summed E-state index contributed by atoms with van der Waals surface area (Å²) in [5, 5.41) is 2.69. The minimum atomic E-state index is -3.57. The van der Waals surface area contributed by atoms with Crippen LogP contribution in [0.3, 0.4) is 0 Å². The van der Waals surface area contributed by atoms with Gasteiger partial charge in [-0.3, -0.25) is 4.79 Å². The summed E-state index contributed by atoms with van der Waals surface area (Å²) in [5.41, 5.74) is 1.14. The highest BCUT2D eigenvalue weighted by atomic mass is 32.2. The molecule has 0 aliphatic heterocycles. The Morgan fingerprint density at radius 3 is 2.52 bits per heavy atom. The van der Waals surface area contributed by atoms with Crippen molar-refractivity contribution in [1.29, 1.82) is 0 Å². The zero-order valence-corrected chi connectivity index (χ0v) is 13.9. The van der Waals surface area contributed by atoms with Gasteiger partial charge in [-0.1, -0.05) is 19.9 Å². The van der Waals surface area contributed by atoms with E-state index >= 15 is 0 Å². The van der Waals surface area contributed by atoms with Crippen molar-refractivity contribution < 1.29 is 13.2 Å². The zero-order valence-electron chi connectivity index (χ0n) is 13.1. The first kappa shape index (κ1) is 17.7. The van der Waals surface area contributed by atoms with E-state index in [0.717, 1.165) is 12.0 Å². The van der Waals surface area contributed by atoms with Crippen LogP contribution < -0.4 is 10.0 Å². The molecule has 6 heteroatoms. The number of aryl methyl sites for hydroxylation is 1. The van der Waals surface area contributed by atoms with Gasteiger partial charge >= 0.3 is 0 Å². The molecule has 21 heavy (non-hydrogen) atoms. The van der Waals surface area contributed by atoms with Gasteiger partial charge in [-0.05, 0) is 43.9 Å². The molecule has 0 aliphatic carbocycles. The second kappa shape index (κ2) is 7.56. The first-order valence-electron chi connectivity index (χ1n) is 7.16. The summed E-state index contributed by atoms with van der Waals surface area (Å²) in [5.74, 6) is 0.172. The van der Waals surface area contributed by atoms with Crippen molar-refractivity contribution in [2.75, 3.05) is 13.1 Å². The zero-order chi connectivity index (χ0) is 16.0. The standard InChI is InChI=1S/C15H24N2O3S/c1-5-16-15(18)14-10-13(7-6-12(14)4)21(19,20)17-9-8-11(2)3/h6-7,10-11,17H,5,8-9H2,1-4H3,(H,16,18). The summed E-state index contributed by atoms with van der Waals surface area (Å²) >= 11 is 0. The Morgan fingerprint density at radius 1 is 1.29 bits per heavy atom. The third-order valence-corrected chi connectivity index (χ3v) is 4.57. The van der Waals surface area contributed by atoms with E-state index in [1.54, 1.807) is 13.0 Å². The van der Waals surface area contributed by atoms with Gasteiger partial charge in [0.15, 0.2) is 0 Å². The van der Waals surface area contributed by atoms with Gasteiger partial charge in [0, 0.05) is 18.7 Å². The van der Waals surface area contributed by atoms with E-state index in [4.69, 9.17) is 0 Å². The normalized spacial score (nSPS) is 11.7. The van der Waals surface area contributed by atoms with Crippen molar-refractivity contribution in [2.45, 2.75) is 39.0 Å². The van der Waals surface area contributed by atoms with Crippen LogP contribution in [0.15, 0.2) is 23.1 Å². The van der Waals surface area contributed by atoms with Gasteiger partial charge in [0.2, 0.25) is 10.0 Å². The van der Waals surface area contributed by atoms with E-state index in [-0.39, 0.29) is 10.8 Å². The lowest BCUT2D eigenvalue weighted by atomic mass is 10.1. The highest BCUT2D eigenvalue weighted by Gasteiger charge is 2.17. The van der Waals surface area contributed by atoms with E-state index in [0.29, 0.717) is 24.6 Å². The predicted octanol–water partition coefficient (Wildman–Crippen LogP) is 2.07. The molecule has 0 spiro atoms. The van der Waals surface area contributed by atoms with Gasteiger partial charge in [-0.2, -0.15) is 0 Å². The molecule has 0 fully saturated rings. The van der Waals surface area contributed by atoms with Gasteiger partial charge in [-0.15, -0.1) is 0 Å². The quantitative estimate of drug-likeness (QED) is 0.809. The van der Waals surface area contributed by atoms with Crippen molar-refractivity contribution in [2.24, 2.45) is 5.92 Å². The first-order chi connectivity index (χ1) is 9.77. The smallest absolute Gasteiger partial charge is 0.251 e. The first-order valence-corrected chi connectivity index (χ1v) is 8.64. The summed E-state index contributed by atoms with van der Waals surface area (Å²) in [4.78, 5) is 12.0. The third-order valence-electron chi connectivity index (χ3n) is 3.12. The highest BCUT2D eigenvalue weighted by molar-refractivity contribution is 7.89. The number of benzene rings is 1. The van der Waals surface area contributed by atoms with Crippen molar-refractivity contribution >= 4 is 15.9 Å². The Balaban J connectivity index is 2.97. The summed E-state index contributed by atoms with van der Waals surface area (Å²) in [6.07, 6.45) is 0.772. The molecule has 2 N–H and O–H groups in total. The Morgan fingerprint density at radius 2 is 1.95 bits per heavy atom. The average molecular weight is 312 g/mol. The highest BCUT2D eigenvalue weighted by Crippen LogP contribution is 2.16. The number of nitrogens with one attached hydrogen (secondary N) is 2. The van der Waals surface area contributed by atoms with Crippen LogP contribution in [-0.2, 0) is 10.0 Å². The van der Waals surface area contributed by atoms with Gasteiger partial charge < -0.3 is 5.32 Å². The molecule has 0 bridgehead atoms. The molecule has 1 amide bonds. The van der Waals surface area contributed by atoms with E-state index < -0.39 is 10.0 Å². The molecule has 0 atom stereocenters. The van der Waals surface area contributed by atoms with E-state index in [1.807, 2.05) is 20.8 Å². The fourth-order valence-corrected chi connectivity index (χ4v) is 2.91.